The van der Waals surface area contributed by atoms with Crippen molar-refractivity contribution in [1.82, 2.24) is 9.97 Å². The summed E-state index contributed by atoms with van der Waals surface area (Å²) in [5, 5.41) is 4.28. The van der Waals surface area contributed by atoms with Crippen molar-refractivity contribution in [2.45, 2.75) is 0 Å². The molecule has 5 nitrogen and oxygen atoms in total. The summed E-state index contributed by atoms with van der Waals surface area (Å²) in [4.78, 5) is 22.1. The number of amides is 1. The number of nitrogens with zero attached hydrogens (tertiary/aromatic N) is 2. The van der Waals surface area contributed by atoms with Gasteiger partial charge in [0.15, 0.2) is 0 Å². The van der Waals surface area contributed by atoms with Gasteiger partial charge in [-0.1, -0.05) is 23.2 Å². The maximum atomic E-state index is 13.0. The Kier molecular flexibility index (Phi) is 4.89. The van der Waals surface area contributed by atoms with Gasteiger partial charge in [-0.15, -0.1) is 11.3 Å². The first-order valence-electron chi connectivity index (χ1n) is 8.00. The molecule has 3 N–H and O–H groups in total. The minimum Gasteiger partial charge on any atom is -0.368 e. The average molecular weight is 433 g/mol. The third-order valence-corrected chi connectivity index (χ3v) is 5.50. The smallest absolute Gasteiger partial charge is 0.265 e. The third kappa shape index (κ3) is 3.64. The van der Waals surface area contributed by atoms with Crippen LogP contribution in [0.15, 0.2) is 48.5 Å². The SMILES string of the molecule is Nc1nc(-c2ccc(Cl)cc2Cl)c2cc(C(=O)Nc3ccc(F)cc3)sc2n1. The van der Waals surface area contributed by atoms with Crippen LogP contribution in [0, 0.1) is 5.82 Å². The number of nitrogens with one attached hydrogen (secondary N) is 1. The second kappa shape index (κ2) is 7.35. The number of hydrogen-bond donors (Lipinski definition) is 2. The molecule has 1 amide bonds. The van der Waals surface area contributed by atoms with Crippen molar-refractivity contribution in [3.05, 3.63) is 69.3 Å². The molecule has 0 radical (unpaired) electrons. The number of carbonyl (C=O) groups is 1. The third-order valence-electron chi connectivity index (χ3n) is 3.92. The van der Waals surface area contributed by atoms with Gasteiger partial charge in [-0.3, -0.25) is 4.79 Å². The predicted octanol–water partition coefficient (Wildman–Crippen LogP) is 5.64. The molecule has 28 heavy (non-hydrogen) atoms. The summed E-state index contributed by atoms with van der Waals surface area (Å²) < 4.78 is 13.0. The van der Waals surface area contributed by atoms with Crippen LogP contribution in [0.3, 0.4) is 0 Å². The number of hydrogen-bond acceptors (Lipinski definition) is 5. The number of aromatic nitrogens is 2. The van der Waals surface area contributed by atoms with Crippen LogP contribution < -0.4 is 11.1 Å². The fourth-order valence-electron chi connectivity index (χ4n) is 2.66. The van der Waals surface area contributed by atoms with E-state index in [0.29, 0.717) is 42.1 Å². The summed E-state index contributed by atoms with van der Waals surface area (Å²) in [6.45, 7) is 0. The minimum atomic E-state index is -0.380. The summed E-state index contributed by atoms with van der Waals surface area (Å²) in [5.41, 5.74) is 7.47. The number of nitrogen functional groups attached to an aromatic ring is 1. The second-order valence-electron chi connectivity index (χ2n) is 5.85. The van der Waals surface area contributed by atoms with Gasteiger partial charge in [0.2, 0.25) is 5.95 Å². The molecule has 0 spiro atoms. The zero-order chi connectivity index (χ0) is 19.8. The zero-order valence-electron chi connectivity index (χ0n) is 14.0. The Bertz CT molecular complexity index is 1210. The van der Waals surface area contributed by atoms with Crippen LogP contribution in [-0.2, 0) is 0 Å². The number of thiophene rings is 1. The maximum absolute atomic E-state index is 13.0. The molecule has 0 atom stereocenters. The van der Waals surface area contributed by atoms with Crippen molar-refractivity contribution in [3.63, 3.8) is 0 Å². The quantitative estimate of drug-likeness (QED) is 0.438. The van der Waals surface area contributed by atoms with Gasteiger partial charge in [-0.25, -0.2) is 14.4 Å². The van der Waals surface area contributed by atoms with E-state index in [2.05, 4.69) is 15.3 Å². The first-order valence-corrected chi connectivity index (χ1v) is 9.57. The molecule has 2 aromatic heterocycles. The van der Waals surface area contributed by atoms with E-state index >= 15 is 0 Å². The normalized spacial score (nSPS) is 11.0. The van der Waals surface area contributed by atoms with Gasteiger partial charge in [0.05, 0.1) is 15.6 Å². The Morgan fingerprint density at radius 2 is 1.82 bits per heavy atom. The van der Waals surface area contributed by atoms with E-state index in [0.717, 1.165) is 0 Å². The Morgan fingerprint density at radius 3 is 2.54 bits per heavy atom. The van der Waals surface area contributed by atoms with Crippen LogP contribution in [-0.4, -0.2) is 15.9 Å². The average Bonchev–Trinajstić information content (AvgIpc) is 3.07. The maximum Gasteiger partial charge on any atom is 0.265 e. The Hall–Kier alpha value is -2.74. The van der Waals surface area contributed by atoms with E-state index in [4.69, 9.17) is 28.9 Å². The number of nitrogens with two attached hydrogens (primary N) is 1. The highest BCUT2D eigenvalue weighted by molar-refractivity contribution is 7.20. The van der Waals surface area contributed by atoms with Crippen molar-refractivity contribution in [2.24, 2.45) is 0 Å². The van der Waals surface area contributed by atoms with Crippen molar-refractivity contribution >= 4 is 62.3 Å². The highest BCUT2D eigenvalue weighted by atomic mass is 35.5. The molecule has 0 bridgehead atoms. The van der Waals surface area contributed by atoms with Crippen LogP contribution in [0.2, 0.25) is 10.0 Å². The van der Waals surface area contributed by atoms with Gasteiger partial charge in [-0.05, 0) is 48.5 Å². The molecule has 0 aliphatic heterocycles. The van der Waals surface area contributed by atoms with Crippen LogP contribution >= 0.6 is 34.5 Å². The van der Waals surface area contributed by atoms with Gasteiger partial charge in [-0.2, -0.15) is 0 Å². The zero-order valence-corrected chi connectivity index (χ0v) is 16.4. The molecule has 0 aliphatic carbocycles. The predicted molar refractivity (Wildman–Crippen MR) is 112 cm³/mol. The first kappa shape index (κ1) is 18.6. The molecule has 2 aromatic carbocycles. The number of anilines is 2. The summed E-state index contributed by atoms with van der Waals surface area (Å²) in [6.07, 6.45) is 0. The van der Waals surface area contributed by atoms with E-state index in [1.54, 1.807) is 24.3 Å². The van der Waals surface area contributed by atoms with Gasteiger partial charge >= 0.3 is 0 Å². The monoisotopic (exact) mass is 432 g/mol. The van der Waals surface area contributed by atoms with Crippen LogP contribution in [0.4, 0.5) is 16.0 Å². The van der Waals surface area contributed by atoms with E-state index in [1.165, 1.54) is 35.6 Å². The highest BCUT2D eigenvalue weighted by Crippen LogP contribution is 2.36. The van der Waals surface area contributed by atoms with Gasteiger partial charge in [0, 0.05) is 21.7 Å². The highest BCUT2D eigenvalue weighted by Gasteiger charge is 2.18. The summed E-state index contributed by atoms with van der Waals surface area (Å²) in [6, 6.07) is 12.2. The topological polar surface area (TPSA) is 80.9 Å². The van der Waals surface area contributed by atoms with E-state index in [1.807, 2.05) is 0 Å². The molecule has 0 unspecified atom stereocenters. The molecule has 2 heterocycles. The minimum absolute atomic E-state index is 0.0702. The number of rotatable bonds is 3. The summed E-state index contributed by atoms with van der Waals surface area (Å²) in [5.74, 6) is -0.655. The van der Waals surface area contributed by atoms with Crippen molar-refractivity contribution in [2.75, 3.05) is 11.1 Å². The van der Waals surface area contributed by atoms with Crippen LogP contribution in [0.25, 0.3) is 21.5 Å². The molecule has 4 rings (SSSR count). The second-order valence-corrected chi connectivity index (χ2v) is 7.72. The molecule has 4 aromatic rings. The Balaban J connectivity index is 1.76. The van der Waals surface area contributed by atoms with E-state index < -0.39 is 0 Å². The lowest BCUT2D eigenvalue weighted by Gasteiger charge is -2.06. The van der Waals surface area contributed by atoms with Crippen LogP contribution in [0.5, 0.6) is 0 Å². The molecular formula is C19H11Cl2FN4OS. The molecule has 140 valence electrons. The largest absolute Gasteiger partial charge is 0.368 e. The summed E-state index contributed by atoms with van der Waals surface area (Å²) in [7, 11) is 0. The van der Waals surface area contributed by atoms with E-state index in [9.17, 15) is 9.18 Å². The fourth-order valence-corrected chi connectivity index (χ4v) is 4.09. The Labute approximate surface area is 172 Å². The van der Waals surface area contributed by atoms with Crippen molar-refractivity contribution in [3.8, 4) is 11.3 Å². The molecule has 9 heteroatoms. The van der Waals surface area contributed by atoms with Gasteiger partial charge in [0.25, 0.3) is 5.91 Å². The fraction of sp³-hybridized carbons (Fsp3) is 0. The molecule has 0 saturated carbocycles. The lowest BCUT2D eigenvalue weighted by atomic mass is 10.1. The molecule has 0 aliphatic rings. The standard InChI is InChI=1S/C19H11Cl2FN4OS/c20-9-1-6-12(14(21)7-9)16-13-8-15(28-18(13)26-19(23)25-16)17(27)24-11-4-2-10(22)3-5-11/h1-8H,(H,24,27)(H2,23,25,26). The molecule has 0 fully saturated rings. The Morgan fingerprint density at radius 1 is 1.07 bits per heavy atom. The van der Waals surface area contributed by atoms with Crippen LogP contribution in [0.1, 0.15) is 9.67 Å². The first-order chi connectivity index (χ1) is 13.4. The number of halogens is 3. The number of benzene rings is 2. The number of carbonyl (C=O) groups excluding carboxylic acids is 1. The number of fused-ring (bicyclic) bond motifs is 1. The van der Waals surface area contributed by atoms with Crippen molar-refractivity contribution < 1.29 is 9.18 Å². The van der Waals surface area contributed by atoms with Gasteiger partial charge < -0.3 is 11.1 Å². The summed E-state index contributed by atoms with van der Waals surface area (Å²) >= 11 is 13.5. The van der Waals surface area contributed by atoms with Gasteiger partial charge in [0.1, 0.15) is 10.6 Å². The van der Waals surface area contributed by atoms with Crippen molar-refractivity contribution in [1.29, 1.82) is 0 Å². The lowest BCUT2D eigenvalue weighted by Crippen LogP contribution is -2.09. The molecule has 0 saturated heterocycles. The molecular weight excluding hydrogens is 422 g/mol. The van der Waals surface area contributed by atoms with E-state index in [-0.39, 0.29) is 17.7 Å². The lowest BCUT2D eigenvalue weighted by molar-refractivity contribution is 0.103.